The topological polar surface area (TPSA) is 53.5 Å². The molecule has 5 nitrogen and oxygen atoms in total. The summed E-state index contributed by atoms with van der Waals surface area (Å²) in [7, 11) is 0. The Morgan fingerprint density at radius 1 is 1.00 bits per heavy atom. The van der Waals surface area contributed by atoms with E-state index in [2.05, 4.69) is 42.8 Å². The molecule has 0 amide bonds. The molecule has 1 heterocycles. The second-order valence-electron chi connectivity index (χ2n) is 8.33. The molecule has 1 aliphatic rings. The minimum Gasteiger partial charge on any atom is -0.473 e. The summed E-state index contributed by atoms with van der Waals surface area (Å²) in [6, 6.07) is 3.66. The molecule has 0 aliphatic heterocycles. The van der Waals surface area contributed by atoms with Crippen molar-refractivity contribution in [3.63, 3.8) is 0 Å². The Balaban J connectivity index is 1.71. The standard InChI is InChI=1S/C20H30N2O3/c1-19(2,3)23-12-8-7-9-15-10-11-18(22-21-15)24-16-13-17(14-16)25-20(4,5)6/h10-11,16-17H,8,12-14H2,1-6H3. The van der Waals surface area contributed by atoms with Crippen LogP contribution in [0.4, 0.5) is 0 Å². The summed E-state index contributed by atoms with van der Waals surface area (Å²) in [5, 5.41) is 8.19. The molecule has 0 bridgehead atoms. The molecule has 2 rings (SSSR count). The van der Waals surface area contributed by atoms with Gasteiger partial charge in [-0.2, -0.15) is 0 Å². The molecule has 1 saturated carbocycles. The van der Waals surface area contributed by atoms with E-state index in [-0.39, 0.29) is 23.4 Å². The van der Waals surface area contributed by atoms with Gasteiger partial charge in [0.05, 0.1) is 23.9 Å². The normalized spacial score (nSPS) is 20.4. The highest BCUT2D eigenvalue weighted by Gasteiger charge is 2.34. The van der Waals surface area contributed by atoms with Gasteiger partial charge in [-0.15, -0.1) is 10.2 Å². The molecule has 0 atom stereocenters. The van der Waals surface area contributed by atoms with Crippen LogP contribution in [0.15, 0.2) is 12.1 Å². The van der Waals surface area contributed by atoms with Gasteiger partial charge in [0.25, 0.3) is 0 Å². The Hall–Kier alpha value is -1.64. The first kappa shape index (κ1) is 19.7. The van der Waals surface area contributed by atoms with Crippen LogP contribution >= 0.6 is 0 Å². The summed E-state index contributed by atoms with van der Waals surface area (Å²) in [5.74, 6) is 6.58. The maximum absolute atomic E-state index is 5.90. The maximum atomic E-state index is 5.90. The molecule has 0 aromatic carbocycles. The summed E-state index contributed by atoms with van der Waals surface area (Å²) in [6.07, 6.45) is 2.91. The van der Waals surface area contributed by atoms with E-state index in [9.17, 15) is 0 Å². The monoisotopic (exact) mass is 346 g/mol. The van der Waals surface area contributed by atoms with E-state index >= 15 is 0 Å². The molecule has 1 aromatic rings. The fraction of sp³-hybridized carbons (Fsp3) is 0.700. The molecule has 0 saturated heterocycles. The average molecular weight is 346 g/mol. The van der Waals surface area contributed by atoms with Crippen LogP contribution in [0, 0.1) is 11.8 Å². The average Bonchev–Trinajstić information content (AvgIpc) is 2.44. The van der Waals surface area contributed by atoms with Gasteiger partial charge in [0.1, 0.15) is 11.8 Å². The predicted molar refractivity (Wildman–Crippen MR) is 97.5 cm³/mol. The minimum absolute atomic E-state index is 0.103. The van der Waals surface area contributed by atoms with Crippen molar-refractivity contribution in [2.75, 3.05) is 6.61 Å². The highest BCUT2D eigenvalue weighted by atomic mass is 16.5. The first-order valence-corrected chi connectivity index (χ1v) is 8.92. The van der Waals surface area contributed by atoms with E-state index in [0.29, 0.717) is 24.6 Å². The molecular weight excluding hydrogens is 316 g/mol. The lowest BCUT2D eigenvalue weighted by Crippen LogP contribution is -2.43. The van der Waals surface area contributed by atoms with E-state index < -0.39 is 0 Å². The van der Waals surface area contributed by atoms with Crippen LogP contribution in [0.1, 0.15) is 66.5 Å². The maximum Gasteiger partial charge on any atom is 0.233 e. The van der Waals surface area contributed by atoms with E-state index in [4.69, 9.17) is 14.2 Å². The highest BCUT2D eigenvalue weighted by molar-refractivity contribution is 5.27. The van der Waals surface area contributed by atoms with Crippen molar-refractivity contribution in [1.29, 1.82) is 0 Å². The Bertz CT molecular complexity index is 597. The van der Waals surface area contributed by atoms with Gasteiger partial charge in [-0.05, 0) is 53.5 Å². The zero-order chi connectivity index (χ0) is 18.5. The van der Waals surface area contributed by atoms with E-state index in [0.717, 1.165) is 12.8 Å². The second-order valence-corrected chi connectivity index (χ2v) is 8.33. The number of rotatable bonds is 5. The van der Waals surface area contributed by atoms with E-state index in [1.807, 2.05) is 32.9 Å². The van der Waals surface area contributed by atoms with E-state index in [1.54, 1.807) is 0 Å². The minimum atomic E-state index is -0.126. The number of hydrogen-bond donors (Lipinski definition) is 0. The molecule has 0 spiro atoms. The van der Waals surface area contributed by atoms with Crippen molar-refractivity contribution in [2.24, 2.45) is 0 Å². The third kappa shape index (κ3) is 7.85. The van der Waals surface area contributed by atoms with Crippen molar-refractivity contribution in [3.8, 4) is 17.7 Å². The SMILES string of the molecule is CC(C)(C)OCCC#Cc1ccc(OC2CC(OC(C)(C)C)C2)nn1. The number of nitrogens with zero attached hydrogens (tertiary/aromatic N) is 2. The molecule has 5 heteroatoms. The lowest BCUT2D eigenvalue weighted by Gasteiger charge is -2.38. The Morgan fingerprint density at radius 3 is 2.28 bits per heavy atom. The molecule has 1 fully saturated rings. The summed E-state index contributed by atoms with van der Waals surface area (Å²) in [5.41, 5.74) is 0.415. The predicted octanol–water partition coefficient (Wildman–Crippen LogP) is 3.76. The molecule has 0 N–H and O–H groups in total. The lowest BCUT2D eigenvalue weighted by molar-refractivity contribution is -0.127. The Kier molecular flexibility index (Phi) is 6.42. The fourth-order valence-electron chi connectivity index (χ4n) is 2.39. The van der Waals surface area contributed by atoms with Gasteiger partial charge in [-0.25, -0.2) is 0 Å². The first-order chi connectivity index (χ1) is 11.6. The lowest BCUT2D eigenvalue weighted by atomic mass is 9.91. The van der Waals surface area contributed by atoms with Gasteiger partial charge in [0, 0.05) is 25.3 Å². The van der Waals surface area contributed by atoms with Crippen LogP contribution in [0.25, 0.3) is 0 Å². The smallest absolute Gasteiger partial charge is 0.233 e. The summed E-state index contributed by atoms with van der Waals surface area (Å²) in [4.78, 5) is 0. The Morgan fingerprint density at radius 2 is 1.72 bits per heavy atom. The van der Waals surface area contributed by atoms with Crippen LogP contribution in [-0.2, 0) is 9.47 Å². The van der Waals surface area contributed by atoms with Crippen molar-refractivity contribution >= 4 is 0 Å². The van der Waals surface area contributed by atoms with Gasteiger partial charge in [-0.3, -0.25) is 0 Å². The van der Waals surface area contributed by atoms with Crippen LogP contribution in [0.5, 0.6) is 5.88 Å². The highest BCUT2D eigenvalue weighted by Crippen LogP contribution is 2.30. The quantitative estimate of drug-likeness (QED) is 0.600. The molecule has 25 heavy (non-hydrogen) atoms. The molecule has 0 unspecified atom stereocenters. The van der Waals surface area contributed by atoms with Crippen LogP contribution in [0.2, 0.25) is 0 Å². The zero-order valence-corrected chi connectivity index (χ0v) is 16.3. The fourth-order valence-corrected chi connectivity index (χ4v) is 2.39. The number of hydrogen-bond acceptors (Lipinski definition) is 5. The number of ether oxygens (including phenoxy) is 3. The van der Waals surface area contributed by atoms with Crippen LogP contribution < -0.4 is 4.74 Å². The van der Waals surface area contributed by atoms with Crippen LogP contribution in [-0.4, -0.2) is 40.2 Å². The summed E-state index contributed by atoms with van der Waals surface area (Å²) >= 11 is 0. The van der Waals surface area contributed by atoms with Crippen LogP contribution in [0.3, 0.4) is 0 Å². The molecular formula is C20H30N2O3. The second kappa shape index (κ2) is 8.16. The third-order valence-electron chi connectivity index (χ3n) is 3.48. The number of aromatic nitrogens is 2. The van der Waals surface area contributed by atoms with Gasteiger partial charge >= 0.3 is 0 Å². The van der Waals surface area contributed by atoms with E-state index in [1.165, 1.54) is 0 Å². The summed E-state index contributed by atoms with van der Waals surface area (Å²) < 4.78 is 17.3. The molecule has 0 radical (unpaired) electrons. The zero-order valence-electron chi connectivity index (χ0n) is 16.3. The van der Waals surface area contributed by atoms with Gasteiger partial charge in [0.15, 0.2) is 0 Å². The molecule has 1 aromatic heterocycles. The molecule has 138 valence electrons. The van der Waals surface area contributed by atoms with Gasteiger partial charge in [0.2, 0.25) is 5.88 Å². The summed E-state index contributed by atoms with van der Waals surface area (Å²) in [6.45, 7) is 12.9. The molecule has 1 aliphatic carbocycles. The van der Waals surface area contributed by atoms with Crippen molar-refractivity contribution in [3.05, 3.63) is 17.8 Å². The van der Waals surface area contributed by atoms with Gasteiger partial charge in [-0.1, -0.05) is 5.92 Å². The van der Waals surface area contributed by atoms with Crippen molar-refractivity contribution in [2.45, 2.75) is 84.2 Å². The van der Waals surface area contributed by atoms with Crippen molar-refractivity contribution < 1.29 is 14.2 Å². The van der Waals surface area contributed by atoms with Gasteiger partial charge < -0.3 is 14.2 Å². The largest absolute Gasteiger partial charge is 0.473 e. The van der Waals surface area contributed by atoms with Crippen molar-refractivity contribution in [1.82, 2.24) is 10.2 Å². The third-order valence-corrected chi connectivity index (χ3v) is 3.48. The first-order valence-electron chi connectivity index (χ1n) is 8.92. The Labute approximate surface area is 151 Å².